The van der Waals surface area contributed by atoms with E-state index in [1.54, 1.807) is 22.8 Å². The molecule has 0 spiro atoms. The van der Waals surface area contributed by atoms with Gasteiger partial charge in [-0.2, -0.15) is 0 Å². The minimum Gasteiger partial charge on any atom is -0.335 e. The van der Waals surface area contributed by atoms with Crippen LogP contribution in [0.1, 0.15) is 49.5 Å². The van der Waals surface area contributed by atoms with Gasteiger partial charge in [0, 0.05) is 10.9 Å². The molecule has 0 radical (unpaired) electrons. The van der Waals surface area contributed by atoms with Crippen molar-refractivity contribution in [2.75, 3.05) is 0 Å². The number of aromatic nitrogens is 2. The zero-order valence-electron chi connectivity index (χ0n) is 18.4. The van der Waals surface area contributed by atoms with E-state index in [0.29, 0.717) is 16.2 Å². The number of imide groups is 1. The molecule has 2 heterocycles. The number of nitrogens with one attached hydrogen (secondary N) is 2. The molecule has 2 aromatic heterocycles. The molecule has 3 aromatic rings. The average molecular weight is 483 g/mol. The summed E-state index contributed by atoms with van der Waals surface area (Å²) in [6.45, 7) is 1.72. The molecule has 2 N–H and O–H groups in total. The molecule has 1 aromatic carbocycles. The lowest BCUT2D eigenvalue weighted by molar-refractivity contribution is -0.119. The third-order valence-corrected chi connectivity index (χ3v) is 8.26. The van der Waals surface area contributed by atoms with Gasteiger partial charge in [-0.1, -0.05) is 36.4 Å². The second kappa shape index (κ2) is 9.30. The summed E-state index contributed by atoms with van der Waals surface area (Å²) in [4.78, 5) is 45.3. The Morgan fingerprint density at radius 2 is 1.91 bits per heavy atom. The molecule has 33 heavy (non-hydrogen) atoms. The molecule has 5 rings (SSSR count). The first kappa shape index (κ1) is 22.2. The standard InChI is InChI=1S/C24H26N4O3S2/c1-14(20(29)26-23(31)25-15-12-13-15)32-24-27-21-19(17-10-6-3-7-11-18(17)33-21)22(30)28(24)16-8-4-2-5-9-16/h2,4-5,8-9,14-15H,3,6-7,10-13H2,1H3,(H2,25,26,29,31). The Morgan fingerprint density at radius 3 is 2.67 bits per heavy atom. The van der Waals surface area contributed by atoms with Crippen LogP contribution < -0.4 is 16.2 Å². The summed E-state index contributed by atoms with van der Waals surface area (Å²) in [7, 11) is 0. The molecule has 3 amide bonds. The number of carbonyl (C=O) groups excluding carboxylic acids is 2. The summed E-state index contributed by atoms with van der Waals surface area (Å²) in [5.41, 5.74) is 1.77. The van der Waals surface area contributed by atoms with Crippen molar-refractivity contribution in [3.05, 3.63) is 51.1 Å². The fourth-order valence-corrected chi connectivity index (χ4v) is 6.35. The number of nitrogens with zero attached hydrogens (tertiary/aromatic N) is 2. The molecule has 1 unspecified atom stereocenters. The molecule has 2 aliphatic rings. The molecule has 172 valence electrons. The smallest absolute Gasteiger partial charge is 0.321 e. The van der Waals surface area contributed by atoms with Crippen LogP contribution in [-0.2, 0) is 17.6 Å². The largest absolute Gasteiger partial charge is 0.335 e. The van der Waals surface area contributed by atoms with Gasteiger partial charge in [-0.15, -0.1) is 11.3 Å². The van der Waals surface area contributed by atoms with Gasteiger partial charge in [0.05, 0.1) is 16.3 Å². The molecule has 1 atom stereocenters. The van der Waals surface area contributed by atoms with Gasteiger partial charge in [-0.25, -0.2) is 9.78 Å². The van der Waals surface area contributed by atoms with E-state index in [-0.39, 0.29) is 11.6 Å². The average Bonchev–Trinajstić information content (AvgIpc) is 3.58. The molecular formula is C24H26N4O3S2. The highest BCUT2D eigenvalue weighted by Crippen LogP contribution is 2.35. The first-order valence-electron chi connectivity index (χ1n) is 11.4. The number of rotatable bonds is 5. The fraction of sp³-hybridized carbons (Fsp3) is 0.417. The first-order valence-corrected chi connectivity index (χ1v) is 13.1. The number of hydrogen-bond acceptors (Lipinski definition) is 6. The van der Waals surface area contributed by atoms with Crippen molar-refractivity contribution in [2.24, 2.45) is 0 Å². The maximum Gasteiger partial charge on any atom is 0.321 e. The van der Waals surface area contributed by atoms with Gasteiger partial charge in [-0.05, 0) is 63.1 Å². The van der Waals surface area contributed by atoms with Crippen LogP contribution in [-0.4, -0.2) is 32.8 Å². The highest BCUT2D eigenvalue weighted by Gasteiger charge is 2.27. The molecule has 2 aliphatic carbocycles. The maximum absolute atomic E-state index is 13.8. The molecule has 9 heteroatoms. The maximum atomic E-state index is 13.8. The second-order valence-corrected chi connectivity index (χ2v) is 11.0. The zero-order valence-corrected chi connectivity index (χ0v) is 20.1. The summed E-state index contributed by atoms with van der Waals surface area (Å²) in [6, 6.07) is 9.11. The lowest BCUT2D eigenvalue weighted by atomic mass is 10.1. The number of thiophene rings is 1. The topological polar surface area (TPSA) is 93.1 Å². The predicted molar refractivity (Wildman–Crippen MR) is 131 cm³/mol. The van der Waals surface area contributed by atoms with Crippen LogP contribution in [0.25, 0.3) is 15.9 Å². The van der Waals surface area contributed by atoms with Crippen LogP contribution >= 0.6 is 23.1 Å². The molecular weight excluding hydrogens is 456 g/mol. The summed E-state index contributed by atoms with van der Waals surface area (Å²) in [5, 5.41) is 5.73. The minimum absolute atomic E-state index is 0.0906. The van der Waals surface area contributed by atoms with E-state index in [4.69, 9.17) is 4.98 Å². The van der Waals surface area contributed by atoms with Crippen LogP contribution in [0.3, 0.4) is 0 Å². The van der Waals surface area contributed by atoms with Gasteiger partial charge < -0.3 is 5.32 Å². The molecule has 0 saturated heterocycles. The van der Waals surface area contributed by atoms with Crippen LogP contribution in [0.15, 0.2) is 40.3 Å². The third kappa shape index (κ3) is 4.70. The Morgan fingerprint density at radius 1 is 1.15 bits per heavy atom. The highest BCUT2D eigenvalue weighted by molar-refractivity contribution is 8.00. The van der Waals surface area contributed by atoms with Crippen molar-refractivity contribution in [1.29, 1.82) is 0 Å². The van der Waals surface area contributed by atoms with E-state index in [1.807, 2.05) is 30.3 Å². The van der Waals surface area contributed by atoms with E-state index in [0.717, 1.165) is 48.9 Å². The molecule has 7 nitrogen and oxygen atoms in total. The van der Waals surface area contributed by atoms with E-state index >= 15 is 0 Å². The Bertz CT molecular complexity index is 1260. The van der Waals surface area contributed by atoms with Gasteiger partial charge in [-0.3, -0.25) is 19.5 Å². The Kier molecular flexibility index (Phi) is 6.25. The van der Waals surface area contributed by atoms with Crippen molar-refractivity contribution >= 4 is 45.3 Å². The van der Waals surface area contributed by atoms with E-state index in [2.05, 4.69) is 10.6 Å². The fourth-order valence-electron chi connectivity index (χ4n) is 4.12. The first-order chi connectivity index (χ1) is 16.0. The second-order valence-electron chi connectivity index (χ2n) is 8.61. The monoisotopic (exact) mass is 482 g/mol. The lowest BCUT2D eigenvalue weighted by Crippen LogP contribution is -2.43. The molecule has 1 saturated carbocycles. The Labute approximate surface area is 200 Å². The predicted octanol–water partition coefficient (Wildman–Crippen LogP) is 4.18. The number of urea groups is 1. The Hall–Kier alpha value is -2.65. The van der Waals surface area contributed by atoms with Crippen molar-refractivity contribution in [2.45, 2.75) is 68.3 Å². The molecule has 0 bridgehead atoms. The van der Waals surface area contributed by atoms with Gasteiger partial charge in [0.15, 0.2) is 5.16 Å². The number of aryl methyl sites for hydroxylation is 2. The van der Waals surface area contributed by atoms with Crippen LogP contribution in [0.5, 0.6) is 0 Å². The quantitative estimate of drug-likeness (QED) is 0.323. The third-order valence-electron chi connectivity index (χ3n) is 6.02. The van der Waals surface area contributed by atoms with Crippen molar-refractivity contribution < 1.29 is 9.59 Å². The van der Waals surface area contributed by atoms with E-state index in [9.17, 15) is 14.4 Å². The highest BCUT2D eigenvalue weighted by atomic mass is 32.2. The van der Waals surface area contributed by atoms with Crippen molar-refractivity contribution in [3.63, 3.8) is 0 Å². The number of carbonyl (C=O) groups is 2. The van der Waals surface area contributed by atoms with Gasteiger partial charge in [0.2, 0.25) is 5.91 Å². The summed E-state index contributed by atoms with van der Waals surface area (Å²) >= 11 is 2.80. The zero-order chi connectivity index (χ0) is 22.9. The van der Waals surface area contributed by atoms with E-state index < -0.39 is 17.2 Å². The molecule has 0 aliphatic heterocycles. The van der Waals surface area contributed by atoms with Crippen LogP contribution in [0, 0.1) is 0 Å². The van der Waals surface area contributed by atoms with E-state index in [1.165, 1.54) is 23.1 Å². The van der Waals surface area contributed by atoms with Crippen molar-refractivity contribution in [1.82, 2.24) is 20.2 Å². The number of fused-ring (bicyclic) bond motifs is 3. The van der Waals surface area contributed by atoms with Gasteiger partial charge in [0.25, 0.3) is 5.56 Å². The summed E-state index contributed by atoms with van der Waals surface area (Å²) in [6.07, 6.45) is 7.18. The SMILES string of the molecule is CC(Sc1nc2sc3c(c2c(=O)n1-c1ccccc1)CCCCC3)C(=O)NC(=O)NC1CC1. The van der Waals surface area contributed by atoms with Gasteiger partial charge in [0.1, 0.15) is 4.83 Å². The number of thioether (sulfide) groups is 1. The van der Waals surface area contributed by atoms with Gasteiger partial charge >= 0.3 is 6.03 Å². The number of benzene rings is 1. The summed E-state index contributed by atoms with van der Waals surface area (Å²) in [5.74, 6) is -0.408. The van der Waals surface area contributed by atoms with Crippen molar-refractivity contribution in [3.8, 4) is 5.69 Å². The Balaban J connectivity index is 1.52. The number of amides is 3. The summed E-state index contributed by atoms with van der Waals surface area (Å²) < 4.78 is 1.61. The lowest BCUT2D eigenvalue weighted by Gasteiger charge is -2.16. The van der Waals surface area contributed by atoms with Crippen LogP contribution in [0.4, 0.5) is 4.79 Å². The van der Waals surface area contributed by atoms with Crippen LogP contribution in [0.2, 0.25) is 0 Å². The number of para-hydroxylation sites is 1. The number of hydrogen-bond donors (Lipinski definition) is 2. The minimum atomic E-state index is -0.605. The normalized spacial score (nSPS) is 16.6. The molecule has 1 fully saturated rings.